The van der Waals surface area contributed by atoms with Crippen LogP contribution in [0.4, 0.5) is 0 Å². The lowest BCUT2D eigenvalue weighted by atomic mass is 10.1. The second-order valence-corrected chi connectivity index (χ2v) is 3.31. The van der Waals surface area contributed by atoms with Crippen LogP contribution < -0.4 is 0 Å². The first-order chi connectivity index (χ1) is 4.88. The fourth-order valence-corrected chi connectivity index (χ4v) is 1.70. The number of nitrogens with zero attached hydrogens (tertiary/aromatic N) is 1. The molecular formula is C8H13NO. The van der Waals surface area contributed by atoms with Gasteiger partial charge in [0, 0.05) is 19.0 Å². The van der Waals surface area contributed by atoms with E-state index in [2.05, 4.69) is 0 Å². The van der Waals surface area contributed by atoms with Crippen LogP contribution in [0.3, 0.4) is 0 Å². The molecule has 2 heteroatoms. The number of hydrogen-bond donors (Lipinski definition) is 0. The zero-order valence-electron chi connectivity index (χ0n) is 6.18. The summed E-state index contributed by atoms with van der Waals surface area (Å²) in [6, 6.07) is 0. The third-order valence-corrected chi connectivity index (χ3v) is 2.46. The first-order valence-corrected chi connectivity index (χ1v) is 4.17. The smallest absolute Gasteiger partial charge is 0.225 e. The molecule has 56 valence electrons. The molecule has 0 aromatic heterocycles. The van der Waals surface area contributed by atoms with Gasteiger partial charge in [0.05, 0.1) is 0 Å². The fourth-order valence-electron chi connectivity index (χ4n) is 1.70. The van der Waals surface area contributed by atoms with Crippen molar-refractivity contribution in [2.75, 3.05) is 13.1 Å². The summed E-state index contributed by atoms with van der Waals surface area (Å²) in [5.74, 6) is 0.833. The maximum absolute atomic E-state index is 11.3. The molecule has 0 radical (unpaired) electrons. The second kappa shape index (κ2) is 2.26. The standard InChI is InChI=1S/C8H13NO/c10-8(9-5-6-9)7-3-1-2-4-7/h7H,1-6H2. The highest BCUT2D eigenvalue weighted by Gasteiger charge is 2.32. The van der Waals surface area contributed by atoms with E-state index < -0.39 is 0 Å². The quantitative estimate of drug-likeness (QED) is 0.496. The summed E-state index contributed by atoms with van der Waals surface area (Å²) < 4.78 is 0. The first-order valence-electron chi connectivity index (χ1n) is 4.17. The first kappa shape index (κ1) is 6.20. The van der Waals surface area contributed by atoms with Gasteiger partial charge in [0.2, 0.25) is 5.91 Å². The van der Waals surface area contributed by atoms with Gasteiger partial charge >= 0.3 is 0 Å². The Hall–Kier alpha value is -0.530. The van der Waals surface area contributed by atoms with Crippen molar-refractivity contribution in [2.24, 2.45) is 5.92 Å². The van der Waals surface area contributed by atoms with Gasteiger partial charge in [0.15, 0.2) is 0 Å². The zero-order valence-corrected chi connectivity index (χ0v) is 6.18. The minimum atomic E-state index is 0.405. The monoisotopic (exact) mass is 139 g/mol. The van der Waals surface area contributed by atoms with Crippen molar-refractivity contribution in [3.05, 3.63) is 0 Å². The Bertz CT molecular complexity index is 145. The van der Waals surface area contributed by atoms with Gasteiger partial charge in [-0.1, -0.05) is 12.8 Å². The van der Waals surface area contributed by atoms with Gasteiger partial charge in [-0.25, -0.2) is 0 Å². The lowest BCUT2D eigenvalue weighted by molar-refractivity contribution is -0.129. The average Bonchev–Trinajstić information content (AvgIpc) is 2.65. The van der Waals surface area contributed by atoms with Gasteiger partial charge in [-0.3, -0.25) is 4.79 Å². The molecule has 2 nitrogen and oxygen atoms in total. The highest BCUT2D eigenvalue weighted by Crippen LogP contribution is 2.28. The normalized spacial score (nSPS) is 25.4. The van der Waals surface area contributed by atoms with Crippen LogP contribution in [0.15, 0.2) is 0 Å². The van der Waals surface area contributed by atoms with E-state index in [0.29, 0.717) is 11.8 Å². The molecule has 0 unspecified atom stereocenters. The summed E-state index contributed by atoms with van der Waals surface area (Å²) in [5, 5.41) is 0. The molecule has 2 aliphatic rings. The molecule has 1 amide bonds. The number of rotatable bonds is 1. The van der Waals surface area contributed by atoms with Gasteiger partial charge < -0.3 is 4.90 Å². The molecule has 1 saturated heterocycles. The number of carbonyl (C=O) groups excluding carboxylic acids is 1. The summed E-state index contributed by atoms with van der Waals surface area (Å²) in [7, 11) is 0. The Kier molecular flexibility index (Phi) is 1.40. The fraction of sp³-hybridized carbons (Fsp3) is 0.875. The minimum absolute atomic E-state index is 0.405. The van der Waals surface area contributed by atoms with Crippen molar-refractivity contribution in [1.29, 1.82) is 0 Å². The molecule has 1 aliphatic carbocycles. The SMILES string of the molecule is O=C(C1CCCC1)N1CC1. The largest absolute Gasteiger partial charge is 0.339 e. The predicted octanol–water partition coefficient (Wildman–Crippen LogP) is 1.02. The molecule has 0 bridgehead atoms. The van der Waals surface area contributed by atoms with E-state index >= 15 is 0 Å². The molecule has 0 aromatic rings. The van der Waals surface area contributed by atoms with E-state index in [4.69, 9.17) is 0 Å². The minimum Gasteiger partial charge on any atom is -0.339 e. The van der Waals surface area contributed by atoms with Crippen LogP contribution in [0.25, 0.3) is 0 Å². The van der Waals surface area contributed by atoms with Gasteiger partial charge in [0.1, 0.15) is 0 Å². The third-order valence-electron chi connectivity index (χ3n) is 2.46. The van der Waals surface area contributed by atoms with Crippen molar-refractivity contribution in [3.63, 3.8) is 0 Å². The van der Waals surface area contributed by atoms with Crippen LogP contribution in [0.5, 0.6) is 0 Å². The summed E-state index contributed by atoms with van der Waals surface area (Å²) in [6.07, 6.45) is 4.83. The highest BCUT2D eigenvalue weighted by atomic mass is 16.2. The van der Waals surface area contributed by atoms with E-state index in [0.717, 1.165) is 25.9 Å². The van der Waals surface area contributed by atoms with Crippen molar-refractivity contribution in [2.45, 2.75) is 25.7 Å². The molecule has 2 fully saturated rings. The van der Waals surface area contributed by atoms with Crippen LogP contribution in [0.2, 0.25) is 0 Å². The summed E-state index contributed by atoms with van der Waals surface area (Å²) in [5.41, 5.74) is 0. The summed E-state index contributed by atoms with van der Waals surface area (Å²) in [4.78, 5) is 13.3. The molecule has 0 atom stereocenters. The molecule has 0 N–H and O–H groups in total. The number of amides is 1. The molecule has 1 saturated carbocycles. The van der Waals surface area contributed by atoms with Crippen LogP contribution in [0, 0.1) is 5.92 Å². The van der Waals surface area contributed by atoms with Crippen LogP contribution in [-0.2, 0) is 4.79 Å². The summed E-state index contributed by atoms with van der Waals surface area (Å²) in [6.45, 7) is 2.05. The van der Waals surface area contributed by atoms with Crippen LogP contribution in [-0.4, -0.2) is 23.9 Å². The van der Waals surface area contributed by atoms with Crippen molar-refractivity contribution in [1.82, 2.24) is 4.90 Å². The third kappa shape index (κ3) is 1.02. The average molecular weight is 139 g/mol. The van der Waals surface area contributed by atoms with Crippen molar-refractivity contribution in [3.8, 4) is 0 Å². The Morgan fingerprint density at radius 2 is 1.80 bits per heavy atom. The maximum atomic E-state index is 11.3. The molecule has 2 rings (SSSR count). The lowest BCUT2D eigenvalue weighted by Gasteiger charge is -2.06. The highest BCUT2D eigenvalue weighted by molar-refractivity contribution is 5.80. The van der Waals surface area contributed by atoms with Gasteiger partial charge in [-0.05, 0) is 12.8 Å². The van der Waals surface area contributed by atoms with E-state index in [-0.39, 0.29) is 0 Å². The van der Waals surface area contributed by atoms with Crippen LogP contribution in [0.1, 0.15) is 25.7 Å². The Morgan fingerprint density at radius 3 is 2.30 bits per heavy atom. The van der Waals surface area contributed by atoms with E-state index in [1.54, 1.807) is 0 Å². The van der Waals surface area contributed by atoms with Crippen molar-refractivity contribution < 1.29 is 4.79 Å². The second-order valence-electron chi connectivity index (χ2n) is 3.31. The molecule has 1 aliphatic heterocycles. The van der Waals surface area contributed by atoms with Gasteiger partial charge in [-0.15, -0.1) is 0 Å². The Morgan fingerprint density at radius 1 is 1.20 bits per heavy atom. The lowest BCUT2D eigenvalue weighted by Crippen LogP contribution is -2.19. The van der Waals surface area contributed by atoms with Crippen LogP contribution >= 0.6 is 0 Å². The number of hydrogen-bond acceptors (Lipinski definition) is 1. The molecule has 0 aromatic carbocycles. The summed E-state index contributed by atoms with van der Waals surface area (Å²) >= 11 is 0. The predicted molar refractivity (Wildman–Crippen MR) is 38.5 cm³/mol. The molecule has 10 heavy (non-hydrogen) atoms. The maximum Gasteiger partial charge on any atom is 0.225 e. The van der Waals surface area contributed by atoms with Gasteiger partial charge in [-0.2, -0.15) is 0 Å². The molecule has 0 spiro atoms. The van der Waals surface area contributed by atoms with Gasteiger partial charge in [0.25, 0.3) is 0 Å². The molecule has 1 heterocycles. The Balaban J connectivity index is 1.90. The van der Waals surface area contributed by atoms with E-state index in [1.165, 1.54) is 12.8 Å². The molecular weight excluding hydrogens is 126 g/mol. The zero-order chi connectivity index (χ0) is 6.97. The Labute approximate surface area is 61.2 Å². The topological polar surface area (TPSA) is 20.1 Å². The van der Waals surface area contributed by atoms with E-state index in [1.807, 2.05) is 4.90 Å². The van der Waals surface area contributed by atoms with Crippen molar-refractivity contribution >= 4 is 5.91 Å². The van der Waals surface area contributed by atoms with E-state index in [9.17, 15) is 4.79 Å². The number of carbonyl (C=O) groups is 1.